The van der Waals surface area contributed by atoms with Gasteiger partial charge in [0, 0.05) is 31.7 Å². The van der Waals surface area contributed by atoms with E-state index in [4.69, 9.17) is 4.42 Å². The molecule has 1 aromatic carbocycles. The predicted molar refractivity (Wildman–Crippen MR) is 118 cm³/mol. The normalized spacial score (nSPS) is 11.4. The molecule has 0 unspecified atom stereocenters. The molecule has 0 aliphatic heterocycles. The third-order valence-electron chi connectivity index (χ3n) is 4.20. The number of carbonyl (C=O) groups is 1. The van der Waals surface area contributed by atoms with Crippen molar-refractivity contribution in [2.45, 2.75) is 24.0 Å². The van der Waals surface area contributed by atoms with Crippen molar-refractivity contribution in [1.29, 1.82) is 0 Å². The van der Waals surface area contributed by atoms with E-state index in [1.165, 1.54) is 16.4 Å². The number of hydrogen-bond donors (Lipinski definition) is 0. The summed E-state index contributed by atoms with van der Waals surface area (Å²) in [6.45, 7) is 12.5. The molecular weight excluding hydrogens is 424 g/mol. The average Bonchev–Trinajstić information content (AvgIpc) is 3.22. The van der Waals surface area contributed by atoms with Crippen LogP contribution in [0.5, 0.6) is 0 Å². The molecule has 30 heavy (non-hydrogen) atoms. The van der Waals surface area contributed by atoms with Crippen molar-refractivity contribution < 1.29 is 17.6 Å². The molecule has 10 heteroatoms. The van der Waals surface area contributed by atoms with Crippen LogP contribution in [0.15, 0.2) is 64.1 Å². The fourth-order valence-corrected chi connectivity index (χ4v) is 4.86. The largest absolute Gasteiger partial charge is 0.411 e. The molecule has 0 bridgehead atoms. The SMILES string of the molecule is C=CCN(CC=C)C(=O)CSc1nnc(-c2cccc(S(=O)(=O)N(CC)CC)c2)o1. The van der Waals surface area contributed by atoms with E-state index in [9.17, 15) is 13.2 Å². The zero-order valence-electron chi connectivity index (χ0n) is 17.2. The number of nitrogens with zero attached hydrogens (tertiary/aromatic N) is 4. The van der Waals surface area contributed by atoms with E-state index in [0.29, 0.717) is 31.7 Å². The Bertz CT molecular complexity index is 974. The highest BCUT2D eigenvalue weighted by Crippen LogP contribution is 2.26. The van der Waals surface area contributed by atoms with Gasteiger partial charge in [0.1, 0.15) is 0 Å². The van der Waals surface area contributed by atoms with Crippen molar-refractivity contribution in [1.82, 2.24) is 19.4 Å². The van der Waals surface area contributed by atoms with Gasteiger partial charge >= 0.3 is 0 Å². The van der Waals surface area contributed by atoms with Gasteiger partial charge in [-0.15, -0.1) is 23.4 Å². The van der Waals surface area contributed by atoms with Gasteiger partial charge in [0.25, 0.3) is 5.22 Å². The number of benzene rings is 1. The van der Waals surface area contributed by atoms with Crippen LogP contribution >= 0.6 is 11.8 Å². The first-order valence-corrected chi connectivity index (χ1v) is 11.9. The van der Waals surface area contributed by atoms with Crippen LogP contribution in [0, 0.1) is 0 Å². The first-order valence-electron chi connectivity index (χ1n) is 9.43. The van der Waals surface area contributed by atoms with Gasteiger partial charge in [-0.1, -0.05) is 43.8 Å². The summed E-state index contributed by atoms with van der Waals surface area (Å²) in [7, 11) is -3.59. The smallest absolute Gasteiger partial charge is 0.277 e. The Hall–Kier alpha value is -2.43. The zero-order chi connectivity index (χ0) is 22.1. The van der Waals surface area contributed by atoms with Crippen molar-refractivity contribution in [2.24, 2.45) is 0 Å². The molecule has 162 valence electrons. The lowest BCUT2D eigenvalue weighted by atomic mass is 10.2. The van der Waals surface area contributed by atoms with Crippen LogP contribution < -0.4 is 0 Å². The van der Waals surface area contributed by atoms with E-state index in [2.05, 4.69) is 23.4 Å². The maximum Gasteiger partial charge on any atom is 0.277 e. The van der Waals surface area contributed by atoms with E-state index < -0.39 is 10.0 Å². The Kier molecular flexibility index (Phi) is 8.82. The van der Waals surface area contributed by atoms with Crippen molar-refractivity contribution >= 4 is 27.7 Å². The van der Waals surface area contributed by atoms with Crippen LogP contribution in [0.4, 0.5) is 0 Å². The Balaban J connectivity index is 2.14. The van der Waals surface area contributed by atoms with Crippen LogP contribution in [-0.4, -0.2) is 65.7 Å². The van der Waals surface area contributed by atoms with Gasteiger partial charge < -0.3 is 9.32 Å². The van der Waals surface area contributed by atoms with Crippen LogP contribution in [0.2, 0.25) is 0 Å². The topological polar surface area (TPSA) is 96.6 Å². The standard InChI is InChI=1S/C20H26N4O4S2/c1-5-12-23(13-6-2)18(25)15-29-20-22-21-19(28-20)16-10-9-11-17(14-16)30(26,27)24(7-3)8-4/h5-6,9-11,14H,1-2,7-8,12-13,15H2,3-4H3. The van der Waals surface area contributed by atoms with Crippen LogP contribution in [0.25, 0.3) is 11.5 Å². The summed E-state index contributed by atoms with van der Waals surface area (Å²) in [5.41, 5.74) is 0.494. The monoisotopic (exact) mass is 450 g/mol. The van der Waals surface area contributed by atoms with Gasteiger partial charge in [-0.25, -0.2) is 8.42 Å². The minimum absolute atomic E-state index is 0.105. The average molecular weight is 451 g/mol. The molecule has 8 nitrogen and oxygen atoms in total. The summed E-state index contributed by atoms with van der Waals surface area (Å²) < 4.78 is 32.5. The predicted octanol–water partition coefficient (Wildman–Crippen LogP) is 3.06. The Morgan fingerprint density at radius 1 is 1.17 bits per heavy atom. The first-order chi connectivity index (χ1) is 14.4. The molecule has 0 aliphatic rings. The zero-order valence-corrected chi connectivity index (χ0v) is 18.8. The van der Waals surface area contributed by atoms with Gasteiger partial charge in [-0.05, 0) is 18.2 Å². The molecular formula is C20H26N4O4S2. The number of thioether (sulfide) groups is 1. The van der Waals surface area contributed by atoms with Crippen LogP contribution in [0.3, 0.4) is 0 Å². The quantitative estimate of drug-likeness (QED) is 0.362. The maximum absolute atomic E-state index is 12.7. The molecule has 1 aromatic heterocycles. The number of amides is 1. The minimum Gasteiger partial charge on any atom is -0.411 e. The van der Waals surface area contributed by atoms with Crippen molar-refractivity contribution in [3.63, 3.8) is 0 Å². The Labute approximate surface area is 181 Å². The number of hydrogen-bond acceptors (Lipinski definition) is 7. The van der Waals surface area contributed by atoms with E-state index >= 15 is 0 Å². The molecule has 0 saturated heterocycles. The lowest BCUT2D eigenvalue weighted by Crippen LogP contribution is -2.32. The molecule has 2 aromatic rings. The molecule has 0 saturated carbocycles. The number of carbonyl (C=O) groups excluding carboxylic acids is 1. The molecule has 0 aliphatic carbocycles. The lowest BCUT2D eigenvalue weighted by Gasteiger charge is -2.18. The Morgan fingerprint density at radius 3 is 2.43 bits per heavy atom. The molecule has 0 N–H and O–H groups in total. The molecule has 1 heterocycles. The summed E-state index contributed by atoms with van der Waals surface area (Å²) in [6, 6.07) is 6.38. The highest BCUT2D eigenvalue weighted by atomic mass is 32.2. The van der Waals surface area contributed by atoms with Crippen LogP contribution in [-0.2, 0) is 14.8 Å². The number of rotatable bonds is 12. The summed E-state index contributed by atoms with van der Waals surface area (Å²) in [6.07, 6.45) is 3.30. The number of aromatic nitrogens is 2. The second kappa shape index (κ2) is 11.1. The fraction of sp³-hybridized carbons (Fsp3) is 0.350. The van der Waals surface area contributed by atoms with Crippen molar-refractivity contribution in [3.05, 3.63) is 49.6 Å². The minimum atomic E-state index is -3.59. The van der Waals surface area contributed by atoms with Gasteiger partial charge in [-0.3, -0.25) is 4.79 Å². The second-order valence-electron chi connectivity index (χ2n) is 6.16. The lowest BCUT2D eigenvalue weighted by molar-refractivity contribution is -0.127. The van der Waals surface area contributed by atoms with Crippen LogP contribution in [0.1, 0.15) is 13.8 Å². The van der Waals surface area contributed by atoms with Crippen molar-refractivity contribution in [2.75, 3.05) is 31.9 Å². The van der Waals surface area contributed by atoms with Crippen molar-refractivity contribution in [3.8, 4) is 11.5 Å². The molecule has 0 spiro atoms. The highest BCUT2D eigenvalue weighted by molar-refractivity contribution is 7.99. The number of sulfonamides is 1. The second-order valence-corrected chi connectivity index (χ2v) is 9.02. The maximum atomic E-state index is 12.7. The third kappa shape index (κ3) is 5.80. The summed E-state index contributed by atoms with van der Waals surface area (Å²) >= 11 is 1.12. The molecule has 1 amide bonds. The highest BCUT2D eigenvalue weighted by Gasteiger charge is 2.23. The summed E-state index contributed by atoms with van der Waals surface area (Å²) in [5.74, 6) is 0.210. The summed E-state index contributed by atoms with van der Waals surface area (Å²) in [5, 5.41) is 8.17. The van der Waals surface area contributed by atoms with Gasteiger partial charge in [0.2, 0.25) is 21.8 Å². The van der Waals surface area contributed by atoms with Gasteiger partial charge in [0.15, 0.2) is 0 Å². The van der Waals surface area contributed by atoms with E-state index in [1.54, 1.807) is 43.0 Å². The summed E-state index contributed by atoms with van der Waals surface area (Å²) in [4.78, 5) is 14.1. The van der Waals surface area contributed by atoms with Gasteiger partial charge in [-0.2, -0.15) is 4.31 Å². The molecule has 0 atom stereocenters. The molecule has 2 rings (SSSR count). The molecule has 0 fully saturated rings. The Morgan fingerprint density at radius 2 is 1.83 bits per heavy atom. The van der Waals surface area contributed by atoms with Gasteiger partial charge in [0.05, 0.1) is 10.6 Å². The van der Waals surface area contributed by atoms with E-state index in [0.717, 1.165) is 11.8 Å². The van der Waals surface area contributed by atoms with E-state index in [1.807, 2.05) is 0 Å². The third-order valence-corrected chi connectivity index (χ3v) is 7.05. The molecule has 0 radical (unpaired) electrons. The first kappa shape index (κ1) is 23.8. The fourth-order valence-electron chi connectivity index (χ4n) is 2.69. The van der Waals surface area contributed by atoms with E-state index in [-0.39, 0.29) is 27.7 Å².